The average molecular weight is 484 g/mol. The van der Waals surface area contributed by atoms with Crippen LogP contribution >= 0.6 is 0 Å². The van der Waals surface area contributed by atoms with Crippen molar-refractivity contribution in [3.8, 4) is 5.75 Å². The lowest BCUT2D eigenvalue weighted by Gasteiger charge is -2.32. The Morgan fingerprint density at radius 3 is 2.63 bits per heavy atom. The molecule has 35 heavy (non-hydrogen) atoms. The second-order valence-electron chi connectivity index (χ2n) is 9.02. The van der Waals surface area contributed by atoms with E-state index in [1.54, 1.807) is 26.0 Å². The van der Waals surface area contributed by atoms with Gasteiger partial charge in [0.15, 0.2) is 0 Å². The van der Waals surface area contributed by atoms with Crippen molar-refractivity contribution < 1.29 is 24.2 Å². The van der Waals surface area contributed by atoms with E-state index in [-0.39, 0.29) is 31.2 Å². The van der Waals surface area contributed by atoms with Gasteiger partial charge < -0.3 is 20.4 Å². The van der Waals surface area contributed by atoms with E-state index in [4.69, 9.17) is 0 Å². The van der Waals surface area contributed by atoms with E-state index >= 15 is 0 Å². The maximum atomic E-state index is 14.3. The van der Waals surface area contributed by atoms with Crippen molar-refractivity contribution >= 4 is 11.8 Å². The Morgan fingerprint density at radius 2 is 1.94 bits per heavy atom. The first-order valence-electron chi connectivity index (χ1n) is 11.8. The zero-order valence-electron chi connectivity index (χ0n) is 20.2. The van der Waals surface area contributed by atoms with Gasteiger partial charge in [-0.1, -0.05) is 55.5 Å². The minimum absolute atomic E-state index is 0.0523. The summed E-state index contributed by atoms with van der Waals surface area (Å²) in [7, 11) is 0. The Hall–Kier alpha value is -3.23. The van der Waals surface area contributed by atoms with Crippen LogP contribution in [0.4, 0.5) is 4.39 Å². The van der Waals surface area contributed by atoms with Crippen molar-refractivity contribution in [3.05, 3.63) is 77.9 Å². The largest absolute Gasteiger partial charge is 0.508 e. The van der Waals surface area contributed by atoms with E-state index in [1.807, 2.05) is 30.3 Å². The lowest BCUT2D eigenvalue weighted by atomic mass is 9.92. The number of benzene rings is 2. The number of phenols is 1. The van der Waals surface area contributed by atoms with Crippen LogP contribution in [0.3, 0.4) is 0 Å². The Bertz CT molecular complexity index is 1030. The molecule has 2 aromatic rings. The summed E-state index contributed by atoms with van der Waals surface area (Å²) in [6.45, 7) is 7.07. The number of carbonyl (C=O) groups is 2. The average Bonchev–Trinajstić information content (AvgIpc) is 3.25. The van der Waals surface area contributed by atoms with Crippen LogP contribution in [0.2, 0.25) is 0 Å². The predicted molar refractivity (Wildman–Crippen MR) is 132 cm³/mol. The minimum Gasteiger partial charge on any atom is -0.508 e. The number of aliphatic hydroxyl groups is 1. The van der Waals surface area contributed by atoms with Crippen molar-refractivity contribution in [2.75, 3.05) is 13.1 Å². The highest BCUT2D eigenvalue weighted by Gasteiger charge is 2.42. The molecule has 2 aromatic carbocycles. The van der Waals surface area contributed by atoms with Crippen LogP contribution in [0.5, 0.6) is 5.75 Å². The van der Waals surface area contributed by atoms with Gasteiger partial charge in [-0.3, -0.25) is 14.9 Å². The van der Waals surface area contributed by atoms with Crippen molar-refractivity contribution in [1.82, 2.24) is 15.5 Å². The van der Waals surface area contributed by atoms with Crippen LogP contribution in [0.25, 0.3) is 0 Å². The van der Waals surface area contributed by atoms with Crippen LogP contribution in [-0.4, -0.2) is 58.3 Å². The number of hydrogen-bond acceptors (Lipinski definition) is 5. The predicted octanol–water partition coefficient (Wildman–Crippen LogP) is 2.77. The Labute approximate surface area is 205 Å². The summed E-state index contributed by atoms with van der Waals surface area (Å²) in [6, 6.07) is 13.0. The van der Waals surface area contributed by atoms with E-state index in [0.717, 1.165) is 5.56 Å². The monoisotopic (exact) mass is 483 g/mol. The fourth-order valence-corrected chi connectivity index (χ4v) is 4.48. The van der Waals surface area contributed by atoms with Crippen molar-refractivity contribution in [2.45, 2.75) is 51.2 Å². The molecular formula is C27H34FN3O4. The lowest BCUT2D eigenvalue weighted by Crippen LogP contribution is -2.52. The fourth-order valence-electron chi connectivity index (χ4n) is 4.48. The molecule has 3 rings (SSSR count). The number of hydrogen-bond donors (Lipinski definition) is 4. The van der Waals surface area contributed by atoms with Crippen LogP contribution in [0, 0.1) is 12.8 Å². The molecule has 188 valence electrons. The molecule has 8 heteroatoms. The maximum Gasteiger partial charge on any atom is 0.243 e. The molecule has 1 saturated heterocycles. The molecule has 7 nitrogen and oxygen atoms in total. The van der Waals surface area contributed by atoms with E-state index in [2.05, 4.69) is 17.2 Å². The molecule has 1 heterocycles. The zero-order valence-corrected chi connectivity index (χ0v) is 20.2. The van der Waals surface area contributed by atoms with Gasteiger partial charge in [-0.15, -0.1) is 6.58 Å². The molecule has 0 aromatic heterocycles. The lowest BCUT2D eigenvalue weighted by molar-refractivity contribution is -0.142. The second-order valence-corrected chi connectivity index (χ2v) is 9.02. The number of likely N-dealkylation sites (tertiary alicyclic amines) is 1. The topological polar surface area (TPSA) is 102 Å². The smallest absolute Gasteiger partial charge is 0.243 e. The van der Waals surface area contributed by atoms with Crippen LogP contribution in [-0.2, 0) is 16.0 Å². The summed E-state index contributed by atoms with van der Waals surface area (Å²) in [5.74, 6) is -1.39. The van der Waals surface area contributed by atoms with Crippen LogP contribution in [0.15, 0.2) is 61.2 Å². The normalized spacial score (nSPS) is 20.2. The SMILES string of the molecule is C=CCNC(=O)[C@@H]1C[C@@H](F)CN1C(=O)[C@@H](C)[C@H](Cc1ccccc1)NC(O)c1cccc(O)c1C. The quantitative estimate of drug-likeness (QED) is 0.308. The Balaban J connectivity index is 1.84. The number of nitrogens with one attached hydrogen (secondary N) is 2. The molecule has 0 spiro atoms. The highest BCUT2D eigenvalue weighted by atomic mass is 19.1. The van der Waals surface area contributed by atoms with Gasteiger partial charge >= 0.3 is 0 Å². The molecule has 1 unspecified atom stereocenters. The third-order valence-electron chi connectivity index (χ3n) is 6.56. The fraction of sp³-hybridized carbons (Fsp3) is 0.407. The number of halogens is 1. The minimum atomic E-state index is -1.29. The number of carbonyl (C=O) groups excluding carboxylic acids is 2. The molecule has 0 aliphatic carbocycles. The van der Waals surface area contributed by atoms with Crippen LogP contribution < -0.4 is 10.6 Å². The number of aromatic hydroxyl groups is 1. The molecule has 2 amide bonds. The summed E-state index contributed by atoms with van der Waals surface area (Å²) in [5.41, 5.74) is 1.98. The number of rotatable bonds is 10. The zero-order chi connectivity index (χ0) is 25.5. The molecule has 0 saturated carbocycles. The first-order valence-corrected chi connectivity index (χ1v) is 11.8. The van der Waals surface area contributed by atoms with E-state index < -0.39 is 36.3 Å². The van der Waals surface area contributed by atoms with E-state index in [0.29, 0.717) is 17.5 Å². The molecule has 5 atom stereocenters. The number of amides is 2. The third-order valence-corrected chi connectivity index (χ3v) is 6.56. The molecular weight excluding hydrogens is 449 g/mol. The number of aliphatic hydroxyl groups excluding tert-OH is 1. The standard InChI is InChI=1S/C27H34FN3O4/c1-4-13-29-26(34)23-15-20(28)16-31(23)27(35)18(3)22(14-19-9-6-5-7-10-19)30-25(33)21-11-8-12-24(32)17(21)2/h4-12,18,20,22-23,25,30,32-33H,1,13-16H2,2-3H3,(H,29,34)/t18-,20+,22-,23-,25?/m0/s1. The highest BCUT2D eigenvalue weighted by molar-refractivity contribution is 5.89. The van der Waals surface area contributed by atoms with Gasteiger partial charge in [0.1, 0.15) is 24.2 Å². The molecule has 0 bridgehead atoms. The first-order chi connectivity index (χ1) is 16.7. The first kappa shape index (κ1) is 26.4. The Kier molecular flexibility index (Phi) is 9.01. The number of nitrogens with zero attached hydrogens (tertiary/aromatic N) is 1. The summed E-state index contributed by atoms with van der Waals surface area (Å²) in [6.07, 6.45) is -0.539. The summed E-state index contributed by atoms with van der Waals surface area (Å²) >= 11 is 0. The van der Waals surface area contributed by atoms with Crippen molar-refractivity contribution in [3.63, 3.8) is 0 Å². The van der Waals surface area contributed by atoms with Gasteiger partial charge in [-0.25, -0.2) is 4.39 Å². The van der Waals surface area contributed by atoms with Crippen molar-refractivity contribution in [1.29, 1.82) is 0 Å². The van der Waals surface area contributed by atoms with Gasteiger partial charge in [0, 0.05) is 24.6 Å². The number of phenolic OH excluding ortho intramolecular Hbond substituents is 1. The Morgan fingerprint density at radius 1 is 1.23 bits per heavy atom. The highest BCUT2D eigenvalue weighted by Crippen LogP contribution is 2.27. The maximum absolute atomic E-state index is 14.3. The molecule has 1 fully saturated rings. The third kappa shape index (κ3) is 6.46. The molecule has 0 radical (unpaired) electrons. The summed E-state index contributed by atoms with van der Waals surface area (Å²) in [4.78, 5) is 27.4. The summed E-state index contributed by atoms with van der Waals surface area (Å²) in [5, 5.41) is 26.8. The molecule has 4 N–H and O–H groups in total. The second kappa shape index (κ2) is 12.0. The van der Waals surface area contributed by atoms with E-state index in [9.17, 15) is 24.2 Å². The van der Waals surface area contributed by atoms with Crippen molar-refractivity contribution in [2.24, 2.45) is 5.92 Å². The molecule has 1 aliphatic rings. The molecule has 1 aliphatic heterocycles. The van der Waals surface area contributed by atoms with Gasteiger partial charge in [0.05, 0.1) is 12.5 Å². The van der Waals surface area contributed by atoms with Crippen LogP contribution in [0.1, 0.15) is 36.3 Å². The van der Waals surface area contributed by atoms with Gasteiger partial charge in [-0.2, -0.15) is 0 Å². The van der Waals surface area contributed by atoms with Gasteiger partial charge in [0.25, 0.3) is 0 Å². The summed E-state index contributed by atoms with van der Waals surface area (Å²) < 4.78 is 14.3. The number of alkyl halides is 1. The van der Waals surface area contributed by atoms with Gasteiger partial charge in [-0.05, 0) is 30.5 Å². The van der Waals surface area contributed by atoms with E-state index in [1.165, 1.54) is 17.0 Å². The van der Waals surface area contributed by atoms with Gasteiger partial charge in [0.2, 0.25) is 11.8 Å².